The van der Waals surface area contributed by atoms with E-state index in [0.717, 1.165) is 12.8 Å². The van der Waals surface area contributed by atoms with Crippen LogP contribution in [0.15, 0.2) is 29.8 Å². The number of hydrogen-bond donors (Lipinski definition) is 1. The molecule has 0 aromatic carbocycles. The van der Waals surface area contributed by atoms with E-state index in [9.17, 15) is 18.0 Å². The van der Waals surface area contributed by atoms with Crippen molar-refractivity contribution in [3.63, 3.8) is 0 Å². The van der Waals surface area contributed by atoms with Gasteiger partial charge in [0, 0.05) is 17.5 Å². The second-order valence-corrected chi connectivity index (χ2v) is 6.89. The van der Waals surface area contributed by atoms with Crippen LogP contribution >= 0.6 is 11.3 Å². The summed E-state index contributed by atoms with van der Waals surface area (Å²) in [5.74, 6) is -0.146. The Morgan fingerprint density at radius 2 is 2.23 bits per heavy atom. The Bertz CT molecular complexity index is 761. The summed E-state index contributed by atoms with van der Waals surface area (Å²) in [6.07, 6.45) is -1.51. The minimum atomic E-state index is -4.42. The first-order valence-electron chi connectivity index (χ1n) is 8.17. The molecule has 5 nitrogen and oxygen atoms in total. The highest BCUT2D eigenvalue weighted by Crippen LogP contribution is 2.35. The van der Waals surface area contributed by atoms with Gasteiger partial charge in [0.05, 0.1) is 17.9 Å². The van der Waals surface area contributed by atoms with Gasteiger partial charge in [0.2, 0.25) is 5.88 Å². The molecule has 2 aromatic rings. The quantitative estimate of drug-likeness (QED) is 0.835. The van der Waals surface area contributed by atoms with E-state index in [4.69, 9.17) is 0 Å². The van der Waals surface area contributed by atoms with Crippen molar-refractivity contribution < 1.29 is 22.7 Å². The van der Waals surface area contributed by atoms with Gasteiger partial charge < -0.3 is 15.0 Å². The SMILES string of the molecule is CC[C@@H]1c2ccsc2CCN1C(=O)Nc1ccc(OCC(F)(F)F)nc1. The van der Waals surface area contributed by atoms with Gasteiger partial charge >= 0.3 is 12.2 Å². The Hall–Kier alpha value is -2.29. The van der Waals surface area contributed by atoms with Crippen LogP contribution in [-0.2, 0) is 6.42 Å². The van der Waals surface area contributed by atoms with E-state index in [1.54, 1.807) is 16.2 Å². The van der Waals surface area contributed by atoms with Gasteiger partial charge in [0.25, 0.3) is 0 Å². The summed E-state index contributed by atoms with van der Waals surface area (Å²) in [5.41, 5.74) is 1.59. The summed E-state index contributed by atoms with van der Waals surface area (Å²) in [6.45, 7) is 1.25. The number of halogens is 3. The van der Waals surface area contributed by atoms with Crippen molar-refractivity contribution in [2.24, 2.45) is 0 Å². The molecule has 1 N–H and O–H groups in total. The number of rotatable bonds is 4. The molecule has 26 heavy (non-hydrogen) atoms. The monoisotopic (exact) mass is 385 g/mol. The summed E-state index contributed by atoms with van der Waals surface area (Å²) in [4.78, 5) is 19.5. The van der Waals surface area contributed by atoms with Gasteiger partial charge in [-0.1, -0.05) is 6.92 Å². The minimum absolute atomic E-state index is 0.0207. The number of nitrogens with one attached hydrogen (secondary N) is 1. The lowest BCUT2D eigenvalue weighted by Gasteiger charge is -2.35. The molecule has 0 bridgehead atoms. The average Bonchev–Trinajstić information content (AvgIpc) is 3.08. The summed E-state index contributed by atoms with van der Waals surface area (Å²) in [7, 11) is 0. The number of nitrogens with zero attached hydrogens (tertiary/aromatic N) is 2. The number of alkyl halides is 3. The van der Waals surface area contributed by atoms with E-state index >= 15 is 0 Å². The molecule has 0 radical (unpaired) electrons. The van der Waals surface area contributed by atoms with Crippen LogP contribution < -0.4 is 10.1 Å². The van der Waals surface area contributed by atoms with E-state index in [2.05, 4.69) is 21.1 Å². The van der Waals surface area contributed by atoms with E-state index in [1.165, 1.54) is 28.8 Å². The summed E-state index contributed by atoms with van der Waals surface area (Å²) in [5, 5.41) is 4.79. The van der Waals surface area contributed by atoms with Crippen molar-refractivity contribution in [2.75, 3.05) is 18.5 Å². The zero-order chi connectivity index (χ0) is 18.7. The van der Waals surface area contributed by atoms with Crippen LogP contribution in [0.5, 0.6) is 5.88 Å². The van der Waals surface area contributed by atoms with Crippen molar-refractivity contribution >= 4 is 23.1 Å². The lowest BCUT2D eigenvalue weighted by Crippen LogP contribution is -2.41. The summed E-state index contributed by atoms with van der Waals surface area (Å²) < 4.78 is 41.0. The molecule has 1 atom stereocenters. The van der Waals surface area contributed by atoms with Gasteiger partial charge in [-0.15, -0.1) is 11.3 Å². The minimum Gasteiger partial charge on any atom is -0.468 e. The average molecular weight is 385 g/mol. The van der Waals surface area contributed by atoms with Gasteiger partial charge in [0.15, 0.2) is 6.61 Å². The van der Waals surface area contributed by atoms with Gasteiger partial charge in [0.1, 0.15) is 0 Å². The van der Waals surface area contributed by atoms with Crippen LogP contribution in [0.4, 0.5) is 23.7 Å². The van der Waals surface area contributed by atoms with Gasteiger partial charge in [-0.25, -0.2) is 9.78 Å². The number of amides is 2. The molecule has 0 fully saturated rings. The predicted octanol–water partition coefficient (Wildman–Crippen LogP) is 4.63. The van der Waals surface area contributed by atoms with Crippen LogP contribution in [0.1, 0.15) is 29.8 Å². The smallest absolute Gasteiger partial charge is 0.422 e. The Morgan fingerprint density at radius 1 is 1.42 bits per heavy atom. The third-order valence-corrected chi connectivity index (χ3v) is 5.11. The standard InChI is InChI=1S/C17H18F3N3O2S/c1-2-13-12-6-8-26-14(12)5-7-23(13)16(24)22-11-3-4-15(21-9-11)25-10-17(18,19)20/h3-4,6,8-9,13H,2,5,7,10H2,1H3,(H,22,24)/t13-/m1/s1. The number of fused-ring (bicyclic) bond motifs is 1. The molecule has 3 rings (SSSR count). The fraction of sp³-hybridized carbons (Fsp3) is 0.412. The normalized spacial score (nSPS) is 16.9. The number of hydrogen-bond acceptors (Lipinski definition) is 4. The van der Waals surface area contributed by atoms with Crippen molar-refractivity contribution in [2.45, 2.75) is 32.0 Å². The van der Waals surface area contributed by atoms with E-state index in [-0.39, 0.29) is 18.0 Å². The van der Waals surface area contributed by atoms with Gasteiger partial charge in [-0.2, -0.15) is 13.2 Å². The maximum absolute atomic E-state index is 12.6. The van der Waals surface area contributed by atoms with E-state index in [1.807, 2.05) is 12.3 Å². The highest BCUT2D eigenvalue weighted by Gasteiger charge is 2.30. The molecule has 0 aliphatic carbocycles. The van der Waals surface area contributed by atoms with Crippen LogP contribution in [0.2, 0.25) is 0 Å². The Balaban J connectivity index is 1.63. The molecule has 9 heteroatoms. The lowest BCUT2D eigenvalue weighted by atomic mass is 9.98. The zero-order valence-electron chi connectivity index (χ0n) is 14.0. The second-order valence-electron chi connectivity index (χ2n) is 5.89. The largest absolute Gasteiger partial charge is 0.468 e. The number of aromatic nitrogens is 1. The van der Waals surface area contributed by atoms with Crippen LogP contribution in [0.25, 0.3) is 0 Å². The van der Waals surface area contributed by atoms with E-state index < -0.39 is 12.8 Å². The first kappa shape index (κ1) is 18.5. The molecular formula is C17H18F3N3O2S. The van der Waals surface area contributed by atoms with Crippen LogP contribution in [0.3, 0.4) is 0 Å². The molecule has 140 valence electrons. The Morgan fingerprint density at radius 3 is 2.88 bits per heavy atom. The number of pyridine rings is 1. The molecule has 0 unspecified atom stereocenters. The molecule has 2 amide bonds. The topological polar surface area (TPSA) is 54.5 Å². The zero-order valence-corrected chi connectivity index (χ0v) is 14.9. The fourth-order valence-electron chi connectivity index (χ4n) is 2.97. The highest BCUT2D eigenvalue weighted by atomic mass is 32.1. The molecule has 1 aliphatic heterocycles. The Kier molecular flexibility index (Phi) is 5.36. The number of carbonyl (C=O) groups excluding carboxylic acids is 1. The molecule has 0 spiro atoms. The predicted molar refractivity (Wildman–Crippen MR) is 92.6 cm³/mol. The number of urea groups is 1. The summed E-state index contributed by atoms with van der Waals surface area (Å²) in [6, 6.07) is 4.59. The van der Waals surface area contributed by atoms with Crippen LogP contribution in [0, 0.1) is 0 Å². The van der Waals surface area contributed by atoms with Crippen molar-refractivity contribution in [1.29, 1.82) is 0 Å². The molecular weight excluding hydrogens is 367 g/mol. The van der Waals surface area contributed by atoms with Gasteiger partial charge in [-0.05, 0) is 35.9 Å². The maximum atomic E-state index is 12.6. The number of ether oxygens (including phenoxy) is 1. The van der Waals surface area contributed by atoms with E-state index in [0.29, 0.717) is 12.2 Å². The molecule has 1 aliphatic rings. The lowest BCUT2D eigenvalue weighted by molar-refractivity contribution is -0.154. The number of thiophene rings is 1. The van der Waals surface area contributed by atoms with Crippen molar-refractivity contribution in [3.8, 4) is 5.88 Å². The maximum Gasteiger partial charge on any atom is 0.422 e. The molecule has 0 saturated carbocycles. The third kappa shape index (κ3) is 4.27. The Labute approximate surface area is 152 Å². The highest BCUT2D eigenvalue weighted by molar-refractivity contribution is 7.10. The van der Waals surface area contributed by atoms with Gasteiger partial charge in [-0.3, -0.25) is 0 Å². The molecule has 3 heterocycles. The first-order chi connectivity index (χ1) is 12.4. The van der Waals surface area contributed by atoms with Crippen molar-refractivity contribution in [1.82, 2.24) is 9.88 Å². The molecule has 2 aromatic heterocycles. The second kappa shape index (κ2) is 7.53. The number of carbonyl (C=O) groups is 1. The number of anilines is 1. The first-order valence-corrected chi connectivity index (χ1v) is 9.05. The van der Waals surface area contributed by atoms with Crippen LogP contribution in [-0.4, -0.2) is 35.2 Å². The fourth-order valence-corrected chi connectivity index (χ4v) is 3.90. The van der Waals surface area contributed by atoms with Crippen molar-refractivity contribution in [3.05, 3.63) is 40.2 Å². The third-order valence-electron chi connectivity index (χ3n) is 4.11. The summed E-state index contributed by atoms with van der Waals surface area (Å²) >= 11 is 1.71. The molecule has 0 saturated heterocycles.